The molecule has 0 spiro atoms. The maximum atomic E-state index is 10.4. The zero-order valence-corrected chi connectivity index (χ0v) is 18.7. The van der Waals surface area contributed by atoms with Gasteiger partial charge in [-0.25, -0.2) is 0 Å². The maximum absolute atomic E-state index is 10.4. The lowest BCUT2D eigenvalue weighted by molar-refractivity contribution is 0.412. The van der Waals surface area contributed by atoms with E-state index in [-0.39, 0.29) is 18.0 Å². The summed E-state index contributed by atoms with van der Waals surface area (Å²) < 4.78 is 1.96. The predicted octanol–water partition coefficient (Wildman–Crippen LogP) is 6.79. The van der Waals surface area contributed by atoms with Gasteiger partial charge in [-0.1, -0.05) is 67.7 Å². The Bertz CT molecular complexity index is 1020. The van der Waals surface area contributed by atoms with Crippen LogP contribution >= 0.6 is 43.5 Å². The molecule has 28 heavy (non-hydrogen) atoms. The van der Waals surface area contributed by atoms with Gasteiger partial charge >= 0.3 is 0 Å². The first-order valence-electron chi connectivity index (χ1n) is 8.82. The molecule has 0 aromatic heterocycles. The molecular formula is C22H17Br2ClN2O. The number of benzene rings is 3. The van der Waals surface area contributed by atoms with Gasteiger partial charge in [0.1, 0.15) is 11.9 Å². The molecular weight excluding hydrogens is 504 g/mol. The highest BCUT2D eigenvalue weighted by molar-refractivity contribution is 9.10. The minimum Gasteiger partial charge on any atom is -0.508 e. The average molecular weight is 521 g/mol. The summed E-state index contributed by atoms with van der Waals surface area (Å²) in [5.74, 6) is 0.271. The van der Waals surface area contributed by atoms with Crippen LogP contribution in [-0.2, 0) is 0 Å². The van der Waals surface area contributed by atoms with Gasteiger partial charge in [-0.3, -0.25) is 10.3 Å². The van der Waals surface area contributed by atoms with Crippen LogP contribution in [0.2, 0.25) is 5.02 Å². The standard InChI is InChI=1S/C22H17Br2ClN2O/c23-15-5-1-13(2-6-15)19-12-20(18-11-16(24)7-10-21(18)28)27-22(26-19)14-3-8-17(25)9-4-14/h1-11,20,22,27-28H,12H2/t20-,22-/m1/s1. The third kappa shape index (κ3) is 4.33. The average Bonchev–Trinajstić information content (AvgIpc) is 2.70. The van der Waals surface area contributed by atoms with Gasteiger partial charge in [0.2, 0.25) is 0 Å². The van der Waals surface area contributed by atoms with Crippen molar-refractivity contribution in [3.63, 3.8) is 0 Å². The highest BCUT2D eigenvalue weighted by Gasteiger charge is 2.27. The van der Waals surface area contributed by atoms with Crippen molar-refractivity contribution >= 4 is 49.2 Å². The number of rotatable bonds is 3. The molecule has 0 radical (unpaired) electrons. The molecule has 0 saturated heterocycles. The highest BCUT2D eigenvalue weighted by atomic mass is 79.9. The number of hydrogen-bond acceptors (Lipinski definition) is 3. The summed E-state index contributed by atoms with van der Waals surface area (Å²) in [6.07, 6.45) is 0.448. The second-order valence-electron chi connectivity index (χ2n) is 6.66. The van der Waals surface area contributed by atoms with Crippen LogP contribution < -0.4 is 5.32 Å². The van der Waals surface area contributed by atoms with Gasteiger partial charge < -0.3 is 5.11 Å². The van der Waals surface area contributed by atoms with Gasteiger partial charge in [0.05, 0.1) is 0 Å². The molecule has 4 rings (SSSR count). The van der Waals surface area contributed by atoms with Crippen LogP contribution in [0.4, 0.5) is 0 Å². The summed E-state index contributed by atoms with van der Waals surface area (Å²) >= 11 is 13.1. The number of phenols is 1. The lowest BCUT2D eigenvalue weighted by atomic mass is 9.93. The fraction of sp³-hybridized carbons (Fsp3) is 0.136. The Morgan fingerprint density at radius 1 is 0.929 bits per heavy atom. The smallest absolute Gasteiger partial charge is 0.126 e. The molecule has 0 unspecified atom stereocenters. The Kier molecular flexibility index (Phi) is 5.88. The van der Waals surface area contributed by atoms with Crippen LogP contribution in [0, 0.1) is 0 Å². The summed E-state index contributed by atoms with van der Waals surface area (Å²) in [7, 11) is 0. The lowest BCUT2D eigenvalue weighted by Crippen LogP contribution is -2.33. The van der Waals surface area contributed by atoms with Crippen LogP contribution in [0.1, 0.15) is 35.3 Å². The Morgan fingerprint density at radius 2 is 1.61 bits per heavy atom. The summed E-state index contributed by atoms with van der Waals surface area (Å²) in [4.78, 5) is 4.96. The summed E-state index contributed by atoms with van der Waals surface area (Å²) in [6, 6.07) is 21.3. The fourth-order valence-electron chi connectivity index (χ4n) is 3.34. The summed E-state index contributed by atoms with van der Waals surface area (Å²) in [5.41, 5.74) is 3.94. The molecule has 0 bridgehead atoms. The van der Waals surface area contributed by atoms with Crippen molar-refractivity contribution in [3.05, 3.63) is 97.4 Å². The Morgan fingerprint density at radius 3 is 2.32 bits per heavy atom. The largest absolute Gasteiger partial charge is 0.508 e. The summed E-state index contributed by atoms with van der Waals surface area (Å²) in [5, 5.41) is 14.7. The first-order chi connectivity index (χ1) is 13.5. The number of aromatic hydroxyl groups is 1. The highest BCUT2D eigenvalue weighted by Crippen LogP contribution is 2.36. The molecule has 1 aliphatic rings. The molecule has 0 amide bonds. The van der Waals surface area contributed by atoms with Crippen LogP contribution in [0.25, 0.3) is 0 Å². The number of halogens is 3. The van der Waals surface area contributed by atoms with Gasteiger partial charge in [0.15, 0.2) is 0 Å². The van der Waals surface area contributed by atoms with E-state index in [2.05, 4.69) is 49.3 Å². The van der Waals surface area contributed by atoms with E-state index >= 15 is 0 Å². The third-order valence-corrected chi connectivity index (χ3v) is 6.04. The molecule has 3 nitrogen and oxygen atoms in total. The van der Waals surface area contributed by atoms with Gasteiger partial charge in [-0.2, -0.15) is 0 Å². The molecule has 0 aliphatic carbocycles. The van der Waals surface area contributed by atoms with Gasteiger partial charge in [-0.05, 0) is 53.6 Å². The molecule has 1 aliphatic heterocycles. The van der Waals surface area contributed by atoms with Crippen molar-refractivity contribution in [1.82, 2.24) is 5.32 Å². The fourth-order valence-corrected chi connectivity index (χ4v) is 4.11. The van der Waals surface area contributed by atoms with Crippen molar-refractivity contribution in [3.8, 4) is 5.75 Å². The topological polar surface area (TPSA) is 44.6 Å². The third-order valence-electron chi connectivity index (χ3n) is 4.77. The molecule has 2 atom stereocenters. The van der Waals surface area contributed by atoms with Crippen molar-refractivity contribution in [2.75, 3.05) is 0 Å². The molecule has 2 N–H and O–H groups in total. The molecule has 6 heteroatoms. The zero-order chi connectivity index (χ0) is 19.7. The summed E-state index contributed by atoms with van der Waals surface area (Å²) in [6.45, 7) is 0. The monoisotopic (exact) mass is 518 g/mol. The van der Waals surface area contributed by atoms with E-state index in [4.69, 9.17) is 16.6 Å². The maximum Gasteiger partial charge on any atom is 0.126 e. The molecule has 3 aromatic rings. The number of nitrogens with zero attached hydrogens (tertiary/aromatic N) is 1. The molecule has 142 valence electrons. The van der Waals surface area contributed by atoms with E-state index in [1.54, 1.807) is 6.07 Å². The Balaban J connectivity index is 1.76. The van der Waals surface area contributed by atoms with E-state index in [0.717, 1.165) is 31.3 Å². The van der Waals surface area contributed by atoms with E-state index in [9.17, 15) is 5.11 Å². The number of aliphatic imine (C=N–C) groups is 1. The van der Waals surface area contributed by atoms with Crippen LogP contribution in [0.5, 0.6) is 5.75 Å². The molecule has 0 fully saturated rings. The first-order valence-corrected chi connectivity index (χ1v) is 10.8. The predicted molar refractivity (Wildman–Crippen MR) is 121 cm³/mol. The zero-order valence-electron chi connectivity index (χ0n) is 14.7. The van der Waals surface area contributed by atoms with Crippen LogP contribution in [-0.4, -0.2) is 10.8 Å². The SMILES string of the molecule is Oc1ccc(Br)cc1[C@H]1CC(c2ccc(Br)cc2)=N[C@@H](c2ccc(Cl)cc2)N1. The van der Waals surface area contributed by atoms with Gasteiger partial charge in [0, 0.05) is 37.7 Å². The van der Waals surface area contributed by atoms with Gasteiger partial charge in [0.25, 0.3) is 0 Å². The second-order valence-corrected chi connectivity index (χ2v) is 8.93. The number of phenolic OH excluding ortho intramolecular Hbond substituents is 1. The van der Waals surface area contributed by atoms with E-state index < -0.39 is 0 Å². The quantitative estimate of drug-likeness (QED) is 0.399. The molecule has 1 heterocycles. The van der Waals surface area contributed by atoms with Crippen molar-refractivity contribution in [1.29, 1.82) is 0 Å². The van der Waals surface area contributed by atoms with E-state index in [1.165, 1.54) is 0 Å². The first kappa shape index (κ1) is 19.6. The number of hydrogen-bond donors (Lipinski definition) is 2. The van der Waals surface area contributed by atoms with Crippen molar-refractivity contribution in [2.45, 2.75) is 18.6 Å². The molecule has 0 saturated carbocycles. The van der Waals surface area contributed by atoms with E-state index in [1.807, 2.05) is 48.5 Å². The van der Waals surface area contributed by atoms with E-state index in [0.29, 0.717) is 11.4 Å². The Hall–Kier alpha value is -1.66. The minimum absolute atomic E-state index is 0.0747. The molecule has 3 aromatic carbocycles. The van der Waals surface area contributed by atoms with Crippen LogP contribution in [0.15, 0.2) is 80.7 Å². The van der Waals surface area contributed by atoms with Crippen molar-refractivity contribution in [2.24, 2.45) is 4.99 Å². The Labute approximate surface area is 185 Å². The lowest BCUT2D eigenvalue weighted by Gasteiger charge is -2.31. The number of nitrogens with one attached hydrogen (secondary N) is 1. The van der Waals surface area contributed by atoms with Gasteiger partial charge in [-0.15, -0.1) is 0 Å². The second kappa shape index (κ2) is 8.37. The van der Waals surface area contributed by atoms with Crippen molar-refractivity contribution < 1.29 is 5.11 Å². The van der Waals surface area contributed by atoms with Crippen LogP contribution in [0.3, 0.4) is 0 Å². The normalized spacial score (nSPS) is 19.3. The minimum atomic E-state index is -0.229.